The highest BCUT2D eigenvalue weighted by Crippen LogP contribution is 2.28. The van der Waals surface area contributed by atoms with Gasteiger partial charge in [0.25, 0.3) is 0 Å². The first kappa shape index (κ1) is 12.0. The molecule has 0 saturated heterocycles. The maximum absolute atomic E-state index is 11.1. The molecule has 0 aromatic heterocycles. The lowest BCUT2D eigenvalue weighted by Crippen LogP contribution is -2.01. The monoisotopic (exact) mass is 294 g/mol. The van der Waals surface area contributed by atoms with Crippen LogP contribution in [0.1, 0.15) is 22.9 Å². The highest BCUT2D eigenvalue weighted by Gasteiger charge is 2.13. The molecule has 1 unspecified atom stereocenters. The Hall–Kier alpha value is -0.0500. The number of rotatable bonds is 3. The van der Waals surface area contributed by atoms with E-state index in [0.29, 0.717) is 10.9 Å². The fourth-order valence-corrected chi connectivity index (χ4v) is 1.91. The third kappa shape index (κ3) is 2.72. The third-order valence-corrected chi connectivity index (χ3v) is 3.68. The molecule has 0 spiro atoms. The summed E-state index contributed by atoms with van der Waals surface area (Å²) in [5, 5.41) is 0.600. The Morgan fingerprint density at radius 1 is 1.57 bits per heavy atom. The van der Waals surface area contributed by atoms with Gasteiger partial charge in [0.05, 0.1) is 4.83 Å². The number of carbonyl (C=O) groups excluding carboxylic acids is 1. The van der Waals surface area contributed by atoms with Crippen molar-refractivity contribution in [1.82, 2.24) is 0 Å². The average molecular weight is 296 g/mol. The summed E-state index contributed by atoms with van der Waals surface area (Å²) in [4.78, 5) is 10.8. The first-order valence-corrected chi connectivity index (χ1v) is 5.88. The number of alkyl halides is 2. The molecule has 0 N–H and O–H groups in total. The Bertz CT molecular complexity index is 352. The molecule has 0 aliphatic carbocycles. The second-order valence-electron chi connectivity index (χ2n) is 2.96. The Balaban J connectivity index is 3.02. The van der Waals surface area contributed by atoms with Crippen LogP contribution in [0.5, 0.6) is 0 Å². The van der Waals surface area contributed by atoms with Crippen molar-refractivity contribution in [3.05, 3.63) is 34.3 Å². The number of benzene rings is 1. The standard InChI is InChI=1S/C10H9BrCl2O/c1-6(14)10(11)7-2-3-8(5-12)9(13)4-7/h2-4,10H,5H2,1H3. The smallest absolute Gasteiger partial charge is 0.147 e. The van der Waals surface area contributed by atoms with Gasteiger partial charge in [0.1, 0.15) is 5.78 Å². The van der Waals surface area contributed by atoms with Crippen LogP contribution in [0.4, 0.5) is 0 Å². The predicted molar refractivity (Wildman–Crippen MR) is 63.4 cm³/mol. The summed E-state index contributed by atoms with van der Waals surface area (Å²) in [5.74, 6) is 0.436. The fourth-order valence-electron chi connectivity index (χ4n) is 1.06. The maximum atomic E-state index is 11.1. The van der Waals surface area contributed by atoms with Gasteiger partial charge in [-0.15, -0.1) is 11.6 Å². The fraction of sp³-hybridized carbons (Fsp3) is 0.300. The van der Waals surface area contributed by atoms with Crippen LogP contribution in [-0.2, 0) is 10.7 Å². The summed E-state index contributed by atoms with van der Waals surface area (Å²) in [6.45, 7) is 1.53. The summed E-state index contributed by atoms with van der Waals surface area (Å²) in [6, 6.07) is 5.45. The molecule has 0 aliphatic rings. The van der Waals surface area contributed by atoms with Crippen LogP contribution in [0.15, 0.2) is 18.2 Å². The molecule has 0 aliphatic heterocycles. The van der Waals surface area contributed by atoms with Gasteiger partial charge in [0.2, 0.25) is 0 Å². The zero-order valence-corrected chi connectivity index (χ0v) is 10.7. The van der Waals surface area contributed by atoms with Gasteiger partial charge in [-0.2, -0.15) is 0 Å². The van der Waals surface area contributed by atoms with E-state index in [1.165, 1.54) is 6.92 Å². The van der Waals surface area contributed by atoms with Crippen molar-refractivity contribution >= 4 is 44.9 Å². The summed E-state index contributed by atoms with van der Waals surface area (Å²) >= 11 is 14.9. The largest absolute Gasteiger partial charge is 0.298 e. The first-order chi connectivity index (χ1) is 6.56. The van der Waals surface area contributed by atoms with Crippen molar-refractivity contribution in [3.63, 3.8) is 0 Å². The van der Waals surface area contributed by atoms with Crippen molar-refractivity contribution in [2.24, 2.45) is 0 Å². The Morgan fingerprint density at radius 2 is 2.21 bits per heavy atom. The third-order valence-electron chi connectivity index (χ3n) is 1.87. The van der Waals surface area contributed by atoms with E-state index in [4.69, 9.17) is 23.2 Å². The van der Waals surface area contributed by atoms with Gasteiger partial charge in [0, 0.05) is 10.9 Å². The lowest BCUT2D eigenvalue weighted by Gasteiger charge is -2.08. The summed E-state index contributed by atoms with van der Waals surface area (Å²) in [6.07, 6.45) is 0. The van der Waals surface area contributed by atoms with E-state index in [9.17, 15) is 4.79 Å². The zero-order chi connectivity index (χ0) is 10.7. The average Bonchev–Trinajstić information content (AvgIpc) is 2.16. The Morgan fingerprint density at radius 3 is 2.64 bits per heavy atom. The van der Waals surface area contributed by atoms with E-state index in [2.05, 4.69) is 15.9 Å². The van der Waals surface area contributed by atoms with Crippen molar-refractivity contribution in [2.45, 2.75) is 17.6 Å². The molecular weight excluding hydrogens is 287 g/mol. The predicted octanol–water partition coefficient (Wildman–Crippen LogP) is 4.10. The molecule has 1 aromatic carbocycles. The van der Waals surface area contributed by atoms with Crippen LogP contribution in [0.25, 0.3) is 0 Å². The van der Waals surface area contributed by atoms with Gasteiger partial charge in [-0.25, -0.2) is 0 Å². The Kier molecular flexibility index (Phi) is 4.42. The van der Waals surface area contributed by atoms with E-state index in [1.807, 2.05) is 12.1 Å². The molecule has 1 aromatic rings. The lowest BCUT2D eigenvalue weighted by atomic mass is 10.1. The molecule has 4 heteroatoms. The van der Waals surface area contributed by atoms with Gasteiger partial charge >= 0.3 is 0 Å². The molecule has 0 saturated carbocycles. The van der Waals surface area contributed by atoms with Gasteiger partial charge in [0.15, 0.2) is 0 Å². The normalized spacial score (nSPS) is 12.6. The van der Waals surface area contributed by atoms with Crippen molar-refractivity contribution in [2.75, 3.05) is 0 Å². The SMILES string of the molecule is CC(=O)C(Br)c1ccc(CCl)c(Cl)c1. The number of ketones is 1. The molecule has 1 rings (SSSR count). The van der Waals surface area contributed by atoms with E-state index in [1.54, 1.807) is 6.07 Å². The van der Waals surface area contributed by atoms with Gasteiger partial charge < -0.3 is 0 Å². The number of Topliss-reactive ketones (excluding diaryl/α,β-unsaturated/α-hetero) is 1. The number of carbonyl (C=O) groups is 1. The summed E-state index contributed by atoms with van der Waals surface area (Å²) in [7, 11) is 0. The Labute approximate surface area is 102 Å². The van der Waals surface area contributed by atoms with Crippen LogP contribution in [0.2, 0.25) is 5.02 Å². The van der Waals surface area contributed by atoms with E-state index >= 15 is 0 Å². The second kappa shape index (κ2) is 5.15. The number of hydrogen-bond acceptors (Lipinski definition) is 1. The number of hydrogen-bond donors (Lipinski definition) is 0. The van der Waals surface area contributed by atoms with Crippen LogP contribution in [0, 0.1) is 0 Å². The van der Waals surface area contributed by atoms with Crippen LogP contribution in [0.3, 0.4) is 0 Å². The maximum Gasteiger partial charge on any atom is 0.147 e. The quantitative estimate of drug-likeness (QED) is 0.767. The van der Waals surface area contributed by atoms with E-state index < -0.39 is 0 Å². The van der Waals surface area contributed by atoms with Crippen molar-refractivity contribution in [1.29, 1.82) is 0 Å². The molecule has 0 amide bonds. The highest BCUT2D eigenvalue weighted by molar-refractivity contribution is 9.09. The van der Waals surface area contributed by atoms with E-state index in [0.717, 1.165) is 11.1 Å². The van der Waals surface area contributed by atoms with Gasteiger partial charge in [-0.1, -0.05) is 39.7 Å². The van der Waals surface area contributed by atoms with Gasteiger partial charge in [-0.05, 0) is 24.1 Å². The topological polar surface area (TPSA) is 17.1 Å². The van der Waals surface area contributed by atoms with Crippen molar-refractivity contribution < 1.29 is 4.79 Å². The van der Waals surface area contributed by atoms with Crippen molar-refractivity contribution in [3.8, 4) is 0 Å². The van der Waals surface area contributed by atoms with Crippen LogP contribution < -0.4 is 0 Å². The first-order valence-electron chi connectivity index (χ1n) is 4.05. The second-order valence-corrected chi connectivity index (χ2v) is 4.55. The molecule has 0 heterocycles. The molecule has 76 valence electrons. The summed E-state index contributed by atoms with van der Waals surface area (Å²) in [5.41, 5.74) is 1.73. The zero-order valence-electron chi connectivity index (χ0n) is 7.56. The molecular formula is C10H9BrCl2O. The molecule has 1 atom stereocenters. The minimum atomic E-state index is -0.288. The highest BCUT2D eigenvalue weighted by atomic mass is 79.9. The molecule has 14 heavy (non-hydrogen) atoms. The summed E-state index contributed by atoms with van der Waals surface area (Å²) < 4.78 is 0. The molecule has 0 radical (unpaired) electrons. The lowest BCUT2D eigenvalue weighted by molar-refractivity contribution is -0.116. The molecule has 0 bridgehead atoms. The van der Waals surface area contributed by atoms with E-state index in [-0.39, 0.29) is 10.6 Å². The minimum absolute atomic E-state index is 0.0553. The van der Waals surface area contributed by atoms with Crippen LogP contribution >= 0.6 is 39.1 Å². The molecule has 0 fully saturated rings. The van der Waals surface area contributed by atoms with Gasteiger partial charge in [-0.3, -0.25) is 4.79 Å². The van der Waals surface area contributed by atoms with Crippen LogP contribution in [-0.4, -0.2) is 5.78 Å². The number of halogens is 3. The minimum Gasteiger partial charge on any atom is -0.298 e. The molecule has 1 nitrogen and oxygen atoms in total.